The number of ketones is 3. The van der Waals surface area contributed by atoms with Crippen LogP contribution < -0.4 is 9.47 Å². The zero-order valence-corrected chi connectivity index (χ0v) is 21.5. The number of aryl methyl sites for hydroxylation is 1. The number of ether oxygens (including phenoxy) is 2. The number of fused-ring (bicyclic) bond motifs is 2. The predicted octanol–water partition coefficient (Wildman–Crippen LogP) is 6.69. The lowest BCUT2D eigenvalue weighted by Gasteiger charge is -2.41. The molecule has 1 aliphatic heterocycles. The van der Waals surface area contributed by atoms with Gasteiger partial charge in [0.1, 0.15) is 17.7 Å². The Hall–Kier alpha value is -2.95. The van der Waals surface area contributed by atoms with Crippen LogP contribution in [-0.2, 0) is 9.59 Å². The minimum atomic E-state index is -0.277. The van der Waals surface area contributed by atoms with Gasteiger partial charge in [-0.1, -0.05) is 51.0 Å². The van der Waals surface area contributed by atoms with Crippen molar-refractivity contribution in [3.05, 3.63) is 47.0 Å². The lowest BCUT2D eigenvalue weighted by Crippen LogP contribution is -2.35. The molecule has 0 saturated heterocycles. The van der Waals surface area contributed by atoms with Gasteiger partial charge in [0.05, 0.1) is 13.5 Å². The summed E-state index contributed by atoms with van der Waals surface area (Å²) in [5.41, 5.74) is 4.70. The van der Waals surface area contributed by atoms with Crippen LogP contribution in [0.5, 0.6) is 11.5 Å². The third kappa shape index (κ3) is 4.65. The normalized spacial score (nSPS) is 19.7. The van der Waals surface area contributed by atoms with E-state index >= 15 is 0 Å². The largest absolute Gasteiger partial charge is 0.493 e. The molecule has 0 aromatic heterocycles. The molecule has 4 unspecified atom stereocenters. The fourth-order valence-electron chi connectivity index (χ4n) is 6.25. The minimum Gasteiger partial charge on any atom is -0.493 e. The quantitative estimate of drug-likeness (QED) is 0.357. The summed E-state index contributed by atoms with van der Waals surface area (Å²) in [6.45, 7) is 7.60. The van der Waals surface area contributed by atoms with Gasteiger partial charge in [0.25, 0.3) is 0 Å². The summed E-state index contributed by atoms with van der Waals surface area (Å²) in [5, 5.41) is 0. The van der Waals surface area contributed by atoms with Crippen molar-refractivity contribution in [1.82, 2.24) is 0 Å². The van der Waals surface area contributed by atoms with Crippen molar-refractivity contribution >= 4 is 17.3 Å². The van der Waals surface area contributed by atoms with Crippen molar-refractivity contribution < 1.29 is 23.9 Å². The minimum absolute atomic E-state index is 0.0149. The maximum Gasteiger partial charge on any atom is 0.169 e. The van der Waals surface area contributed by atoms with E-state index in [9.17, 15) is 14.4 Å². The molecule has 0 saturated carbocycles. The Balaban J connectivity index is 1.76. The van der Waals surface area contributed by atoms with E-state index in [0.29, 0.717) is 30.8 Å². The highest BCUT2D eigenvalue weighted by Gasteiger charge is 2.43. The third-order valence-corrected chi connectivity index (χ3v) is 7.74. The topological polar surface area (TPSA) is 69.7 Å². The van der Waals surface area contributed by atoms with E-state index in [1.165, 1.54) is 6.92 Å². The first-order valence-corrected chi connectivity index (χ1v) is 12.8. The van der Waals surface area contributed by atoms with Crippen molar-refractivity contribution in [2.45, 2.75) is 72.3 Å². The van der Waals surface area contributed by atoms with Crippen molar-refractivity contribution in [2.24, 2.45) is 17.8 Å². The molecule has 5 nitrogen and oxygen atoms in total. The van der Waals surface area contributed by atoms with E-state index in [2.05, 4.69) is 13.0 Å². The molecule has 0 bridgehead atoms. The van der Waals surface area contributed by atoms with Gasteiger partial charge in [-0.3, -0.25) is 14.4 Å². The molecule has 2 aromatic rings. The Morgan fingerprint density at radius 2 is 1.91 bits per heavy atom. The molecule has 4 atom stereocenters. The van der Waals surface area contributed by atoms with Crippen LogP contribution in [0.15, 0.2) is 30.3 Å². The highest BCUT2D eigenvalue weighted by Crippen LogP contribution is 2.54. The van der Waals surface area contributed by atoms with Crippen molar-refractivity contribution in [3.8, 4) is 22.6 Å². The van der Waals surface area contributed by atoms with Crippen LogP contribution in [0.3, 0.4) is 0 Å². The van der Waals surface area contributed by atoms with Gasteiger partial charge in [0.15, 0.2) is 17.3 Å². The fourth-order valence-corrected chi connectivity index (χ4v) is 6.25. The van der Waals surface area contributed by atoms with Crippen molar-refractivity contribution in [2.75, 3.05) is 7.11 Å². The smallest absolute Gasteiger partial charge is 0.169 e. The summed E-state index contributed by atoms with van der Waals surface area (Å²) >= 11 is 0. The standard InChI is InChI=1S/C30H36O5/c1-6-9-19(21(7-2)24(32)14-18(4)31)15-20-16-25(33)27-17(3)12-13-22-23-10-8-11-26(34-5)30(23)35-29(20)28(22)27/h8,10-13,19-21,29H,6-7,9,14-16H2,1-5H3. The number of para-hydroxylation sites is 1. The van der Waals surface area contributed by atoms with E-state index in [1.807, 2.05) is 38.1 Å². The first-order valence-electron chi connectivity index (χ1n) is 12.8. The van der Waals surface area contributed by atoms with Gasteiger partial charge < -0.3 is 9.47 Å². The second kappa shape index (κ2) is 10.3. The molecular formula is C30H36O5. The van der Waals surface area contributed by atoms with Crippen LogP contribution >= 0.6 is 0 Å². The number of rotatable bonds is 10. The van der Waals surface area contributed by atoms with Gasteiger partial charge in [-0.05, 0) is 49.8 Å². The monoisotopic (exact) mass is 476 g/mol. The van der Waals surface area contributed by atoms with E-state index < -0.39 is 0 Å². The molecular weight excluding hydrogens is 440 g/mol. The first-order chi connectivity index (χ1) is 16.8. The van der Waals surface area contributed by atoms with Crippen LogP contribution in [-0.4, -0.2) is 24.5 Å². The Bertz CT molecular complexity index is 1150. The number of carbonyl (C=O) groups is 3. The molecule has 5 heteroatoms. The molecule has 4 rings (SSSR count). The summed E-state index contributed by atoms with van der Waals surface area (Å²) in [5.74, 6) is 1.34. The number of carbonyl (C=O) groups excluding carboxylic acids is 3. The number of Topliss-reactive ketones (excluding diaryl/α,β-unsaturated/α-hetero) is 3. The van der Waals surface area contributed by atoms with Gasteiger partial charge in [0.2, 0.25) is 0 Å². The molecule has 1 heterocycles. The van der Waals surface area contributed by atoms with Crippen molar-refractivity contribution in [1.29, 1.82) is 0 Å². The third-order valence-electron chi connectivity index (χ3n) is 7.74. The zero-order valence-electron chi connectivity index (χ0n) is 21.5. The van der Waals surface area contributed by atoms with Gasteiger partial charge in [-0.15, -0.1) is 0 Å². The second-order valence-corrected chi connectivity index (χ2v) is 10.1. The van der Waals surface area contributed by atoms with Crippen LogP contribution in [0.25, 0.3) is 11.1 Å². The summed E-state index contributed by atoms with van der Waals surface area (Å²) in [7, 11) is 1.64. The van der Waals surface area contributed by atoms with Crippen LogP contribution in [0.2, 0.25) is 0 Å². The van der Waals surface area contributed by atoms with Crippen LogP contribution in [0.4, 0.5) is 0 Å². The molecule has 1 aliphatic carbocycles. The van der Waals surface area contributed by atoms with Gasteiger partial charge in [-0.2, -0.15) is 0 Å². The zero-order chi connectivity index (χ0) is 25.3. The molecule has 0 N–H and O–H groups in total. The van der Waals surface area contributed by atoms with E-state index in [1.54, 1.807) is 7.11 Å². The Kier molecular flexibility index (Phi) is 7.44. The van der Waals surface area contributed by atoms with Gasteiger partial charge in [-0.25, -0.2) is 0 Å². The molecule has 0 radical (unpaired) electrons. The highest BCUT2D eigenvalue weighted by molar-refractivity contribution is 6.03. The molecule has 0 amide bonds. The average molecular weight is 477 g/mol. The second-order valence-electron chi connectivity index (χ2n) is 10.1. The van der Waals surface area contributed by atoms with E-state index in [0.717, 1.165) is 40.7 Å². The van der Waals surface area contributed by atoms with Crippen molar-refractivity contribution in [3.63, 3.8) is 0 Å². The molecule has 186 valence electrons. The Morgan fingerprint density at radius 3 is 2.57 bits per heavy atom. The number of benzene rings is 2. The summed E-state index contributed by atoms with van der Waals surface area (Å²) < 4.78 is 12.3. The van der Waals surface area contributed by atoms with Gasteiger partial charge >= 0.3 is 0 Å². The molecule has 0 fully saturated rings. The molecule has 0 spiro atoms. The first kappa shape index (κ1) is 25.2. The summed E-state index contributed by atoms with van der Waals surface area (Å²) in [6, 6.07) is 9.97. The number of methoxy groups -OCH3 is 1. The lowest BCUT2D eigenvalue weighted by atomic mass is 9.69. The number of hydrogen-bond acceptors (Lipinski definition) is 5. The summed E-state index contributed by atoms with van der Waals surface area (Å²) in [6.07, 6.45) is 3.33. The highest BCUT2D eigenvalue weighted by atomic mass is 16.5. The molecule has 2 aromatic carbocycles. The van der Waals surface area contributed by atoms with E-state index in [-0.39, 0.29) is 47.6 Å². The SMILES string of the molecule is CCCC(CC1CC(=O)c2c(C)ccc3c2C1Oc1c(OC)cccc1-3)C(CC)C(=O)CC(C)=O. The maximum absolute atomic E-state index is 13.5. The molecule has 35 heavy (non-hydrogen) atoms. The summed E-state index contributed by atoms with van der Waals surface area (Å²) in [4.78, 5) is 38.1. The molecule has 2 aliphatic rings. The average Bonchev–Trinajstić information content (AvgIpc) is 2.82. The maximum atomic E-state index is 13.5. The van der Waals surface area contributed by atoms with E-state index in [4.69, 9.17) is 9.47 Å². The van der Waals surface area contributed by atoms with Gasteiger partial charge in [0, 0.05) is 34.9 Å². The van der Waals surface area contributed by atoms with Crippen LogP contribution in [0.1, 0.15) is 86.9 Å². The predicted molar refractivity (Wildman–Crippen MR) is 136 cm³/mol. The Labute approximate surface area is 208 Å². The fraction of sp³-hybridized carbons (Fsp3) is 0.500. The Morgan fingerprint density at radius 1 is 1.14 bits per heavy atom. The lowest BCUT2D eigenvalue weighted by molar-refractivity contribution is -0.130. The number of hydrogen-bond donors (Lipinski definition) is 0. The van der Waals surface area contributed by atoms with Crippen LogP contribution in [0, 0.1) is 24.7 Å².